The summed E-state index contributed by atoms with van der Waals surface area (Å²) in [6, 6.07) is 8.05. The minimum Gasteiger partial charge on any atom is -0.383 e. The van der Waals surface area contributed by atoms with Crippen molar-refractivity contribution in [3.05, 3.63) is 29.8 Å². The van der Waals surface area contributed by atoms with E-state index in [1.807, 2.05) is 31.3 Å². The monoisotopic (exact) mass is 392 g/mol. The van der Waals surface area contributed by atoms with E-state index in [-0.39, 0.29) is 24.0 Å². The molecule has 3 N–H and O–H groups in total. The Morgan fingerprint density at radius 1 is 1.30 bits per heavy atom. The smallest absolute Gasteiger partial charge is 0.193 e. The number of hydrogen-bond acceptors (Lipinski definition) is 3. The zero-order chi connectivity index (χ0) is 14.1. The quantitative estimate of drug-likeness (QED) is 0.423. The molecule has 0 heterocycles. The minimum absolute atomic E-state index is 0. The number of methoxy groups -OCH3 is 1. The summed E-state index contributed by atoms with van der Waals surface area (Å²) in [5, 5.41) is 3.07. The van der Waals surface area contributed by atoms with Gasteiger partial charge in [-0.3, -0.25) is 4.99 Å². The van der Waals surface area contributed by atoms with Crippen LogP contribution < -0.4 is 11.1 Å². The van der Waals surface area contributed by atoms with Crippen LogP contribution in [0.2, 0.25) is 0 Å². The summed E-state index contributed by atoms with van der Waals surface area (Å²) in [5.74, 6) is 0.448. The number of aliphatic imine (C=N–C) groups is 1. The van der Waals surface area contributed by atoms with Crippen molar-refractivity contribution in [2.45, 2.75) is 6.92 Å². The van der Waals surface area contributed by atoms with E-state index in [1.54, 1.807) is 7.11 Å². The largest absolute Gasteiger partial charge is 0.383 e. The second kappa shape index (κ2) is 10.9. The summed E-state index contributed by atoms with van der Waals surface area (Å²) in [7, 11) is 3.74. The number of rotatable bonds is 7. The molecule has 0 bridgehead atoms. The molecule has 0 aliphatic rings. The van der Waals surface area contributed by atoms with Crippen LogP contribution in [0.3, 0.4) is 0 Å². The topological polar surface area (TPSA) is 62.9 Å². The van der Waals surface area contributed by atoms with E-state index in [1.165, 1.54) is 5.56 Å². The van der Waals surface area contributed by atoms with Gasteiger partial charge < -0.3 is 20.7 Å². The van der Waals surface area contributed by atoms with Crippen LogP contribution in [0.4, 0.5) is 5.69 Å². The molecule has 1 aromatic rings. The highest BCUT2D eigenvalue weighted by Crippen LogP contribution is 2.07. The third-order valence-corrected chi connectivity index (χ3v) is 2.76. The number of nitrogens with two attached hydrogens (primary N) is 1. The lowest BCUT2D eigenvalue weighted by Crippen LogP contribution is -2.28. The van der Waals surface area contributed by atoms with Crippen LogP contribution in [0.5, 0.6) is 0 Å². The number of halogens is 1. The lowest BCUT2D eigenvalue weighted by Gasteiger charge is -2.14. The molecule has 0 amide bonds. The Morgan fingerprint density at radius 2 is 1.95 bits per heavy atom. The molecule has 0 atom stereocenters. The van der Waals surface area contributed by atoms with E-state index < -0.39 is 0 Å². The lowest BCUT2D eigenvalue weighted by molar-refractivity contribution is 0.163. The minimum atomic E-state index is 0. The fourth-order valence-corrected chi connectivity index (χ4v) is 1.52. The van der Waals surface area contributed by atoms with Crippen molar-refractivity contribution in [1.82, 2.24) is 4.90 Å². The van der Waals surface area contributed by atoms with Crippen molar-refractivity contribution in [1.29, 1.82) is 0 Å². The molecule has 0 radical (unpaired) electrons. The van der Waals surface area contributed by atoms with Crippen LogP contribution in [0.15, 0.2) is 29.3 Å². The number of ether oxygens (including phenoxy) is 1. The molecule has 1 rings (SSSR count). The Labute approximate surface area is 138 Å². The zero-order valence-electron chi connectivity index (χ0n) is 12.4. The predicted molar refractivity (Wildman–Crippen MR) is 96.1 cm³/mol. The van der Waals surface area contributed by atoms with Gasteiger partial charge in [-0.15, -0.1) is 24.0 Å². The Kier molecular flexibility index (Phi) is 10.4. The Morgan fingerprint density at radius 3 is 2.55 bits per heavy atom. The van der Waals surface area contributed by atoms with Crippen LogP contribution >= 0.6 is 24.0 Å². The highest BCUT2D eigenvalue weighted by Gasteiger charge is 1.98. The van der Waals surface area contributed by atoms with E-state index in [0.717, 1.165) is 25.4 Å². The van der Waals surface area contributed by atoms with Crippen LogP contribution in [0, 0.1) is 6.92 Å². The van der Waals surface area contributed by atoms with Gasteiger partial charge in [-0.25, -0.2) is 0 Å². The number of hydrogen-bond donors (Lipinski definition) is 2. The SMILES string of the molecule is COCCN(C)CCN=C(N)Nc1ccc(C)cc1.I. The molecular weight excluding hydrogens is 367 g/mol. The van der Waals surface area contributed by atoms with Crippen molar-refractivity contribution in [2.75, 3.05) is 45.7 Å². The van der Waals surface area contributed by atoms with E-state index in [2.05, 4.69) is 22.1 Å². The molecular formula is C14H25IN4O. The second-order valence-corrected chi connectivity index (χ2v) is 4.55. The van der Waals surface area contributed by atoms with Gasteiger partial charge in [0.25, 0.3) is 0 Å². The van der Waals surface area contributed by atoms with Gasteiger partial charge in [-0.1, -0.05) is 17.7 Å². The molecule has 0 unspecified atom stereocenters. The van der Waals surface area contributed by atoms with E-state index in [9.17, 15) is 0 Å². The summed E-state index contributed by atoms with van der Waals surface area (Å²) < 4.78 is 5.01. The number of aryl methyl sites for hydroxylation is 1. The van der Waals surface area contributed by atoms with Crippen molar-refractivity contribution in [3.8, 4) is 0 Å². The first-order valence-corrected chi connectivity index (χ1v) is 6.43. The summed E-state index contributed by atoms with van der Waals surface area (Å²) in [6.07, 6.45) is 0. The molecule has 0 aliphatic carbocycles. The van der Waals surface area contributed by atoms with Gasteiger partial charge in [0.15, 0.2) is 5.96 Å². The van der Waals surface area contributed by atoms with Gasteiger partial charge >= 0.3 is 0 Å². The maximum atomic E-state index is 5.83. The van der Waals surface area contributed by atoms with Gasteiger partial charge in [0.1, 0.15) is 0 Å². The fourth-order valence-electron chi connectivity index (χ4n) is 1.52. The number of nitrogens with one attached hydrogen (secondary N) is 1. The van der Waals surface area contributed by atoms with E-state index in [0.29, 0.717) is 12.5 Å². The molecule has 0 saturated heterocycles. The van der Waals surface area contributed by atoms with Gasteiger partial charge in [0.2, 0.25) is 0 Å². The maximum absolute atomic E-state index is 5.83. The van der Waals surface area contributed by atoms with Crippen LogP contribution in [-0.2, 0) is 4.74 Å². The van der Waals surface area contributed by atoms with Gasteiger partial charge in [-0.2, -0.15) is 0 Å². The van der Waals surface area contributed by atoms with Crippen molar-refractivity contribution < 1.29 is 4.74 Å². The van der Waals surface area contributed by atoms with Gasteiger partial charge in [-0.05, 0) is 26.1 Å². The molecule has 6 heteroatoms. The standard InChI is InChI=1S/C14H24N4O.HI/c1-12-4-6-13(7-5-12)17-14(15)16-8-9-18(2)10-11-19-3;/h4-7H,8-11H2,1-3H3,(H3,15,16,17);1H. The third-order valence-electron chi connectivity index (χ3n) is 2.76. The normalized spacial score (nSPS) is 11.3. The van der Waals surface area contributed by atoms with Gasteiger partial charge in [0, 0.05) is 25.9 Å². The van der Waals surface area contributed by atoms with Crippen molar-refractivity contribution in [3.63, 3.8) is 0 Å². The highest BCUT2D eigenvalue weighted by atomic mass is 127. The molecule has 5 nitrogen and oxygen atoms in total. The predicted octanol–water partition coefficient (Wildman–Crippen LogP) is 1.92. The first kappa shape index (κ1) is 19.1. The molecule has 1 aromatic carbocycles. The summed E-state index contributed by atoms with van der Waals surface area (Å²) in [6.45, 7) is 5.22. The average Bonchev–Trinajstić information content (AvgIpc) is 2.39. The highest BCUT2D eigenvalue weighted by molar-refractivity contribution is 14.0. The zero-order valence-corrected chi connectivity index (χ0v) is 14.8. The Balaban J connectivity index is 0.00000361. The van der Waals surface area contributed by atoms with Crippen LogP contribution in [-0.4, -0.2) is 51.3 Å². The first-order chi connectivity index (χ1) is 9.11. The van der Waals surface area contributed by atoms with Crippen molar-refractivity contribution >= 4 is 35.6 Å². The first-order valence-electron chi connectivity index (χ1n) is 6.43. The van der Waals surface area contributed by atoms with E-state index >= 15 is 0 Å². The third kappa shape index (κ3) is 8.34. The summed E-state index contributed by atoms with van der Waals surface area (Å²) in [5.41, 5.74) is 8.01. The molecule has 114 valence electrons. The Bertz CT molecular complexity index is 395. The summed E-state index contributed by atoms with van der Waals surface area (Å²) in [4.78, 5) is 6.45. The average molecular weight is 392 g/mol. The maximum Gasteiger partial charge on any atom is 0.193 e. The number of likely N-dealkylation sites (N-methyl/N-ethyl adjacent to an activating group) is 1. The molecule has 0 spiro atoms. The van der Waals surface area contributed by atoms with Gasteiger partial charge in [0.05, 0.1) is 13.2 Å². The van der Waals surface area contributed by atoms with Crippen molar-refractivity contribution in [2.24, 2.45) is 10.7 Å². The second-order valence-electron chi connectivity index (χ2n) is 4.55. The van der Waals surface area contributed by atoms with E-state index in [4.69, 9.17) is 10.5 Å². The molecule has 20 heavy (non-hydrogen) atoms. The Hall–Kier alpha value is -0.860. The molecule has 0 saturated carbocycles. The van der Waals surface area contributed by atoms with Crippen LogP contribution in [0.25, 0.3) is 0 Å². The number of guanidine groups is 1. The van der Waals surface area contributed by atoms with Crippen LogP contribution in [0.1, 0.15) is 5.56 Å². The fraction of sp³-hybridized carbons (Fsp3) is 0.500. The number of nitrogens with zero attached hydrogens (tertiary/aromatic N) is 2. The molecule has 0 aliphatic heterocycles. The summed E-state index contributed by atoms with van der Waals surface area (Å²) >= 11 is 0. The lowest BCUT2D eigenvalue weighted by atomic mass is 10.2. The molecule has 0 aromatic heterocycles. The molecule has 0 fully saturated rings. The number of benzene rings is 1. The number of anilines is 1.